The quantitative estimate of drug-likeness (QED) is 0.289. The molecule has 4 heteroatoms. The van der Waals surface area contributed by atoms with Crippen LogP contribution in [-0.2, 0) is 0 Å². The average Bonchev–Trinajstić information content (AvgIpc) is 2.49. The second kappa shape index (κ2) is 6.85. The van der Waals surface area contributed by atoms with E-state index < -0.39 is 0 Å². The van der Waals surface area contributed by atoms with Crippen molar-refractivity contribution in [1.29, 1.82) is 0 Å². The first-order chi connectivity index (χ1) is 9.31. The van der Waals surface area contributed by atoms with Crippen LogP contribution in [0.2, 0.25) is 0 Å². The van der Waals surface area contributed by atoms with Crippen molar-refractivity contribution < 1.29 is 5.21 Å². The van der Waals surface area contributed by atoms with Gasteiger partial charge in [-0.05, 0) is 17.7 Å². The maximum atomic E-state index is 8.92. The van der Waals surface area contributed by atoms with Gasteiger partial charge < -0.3 is 10.9 Å². The van der Waals surface area contributed by atoms with E-state index in [4.69, 9.17) is 10.9 Å². The van der Waals surface area contributed by atoms with Gasteiger partial charge >= 0.3 is 0 Å². The molecule has 0 aliphatic heterocycles. The van der Waals surface area contributed by atoms with Crippen molar-refractivity contribution in [2.45, 2.75) is 10.8 Å². The molecule has 98 valence electrons. The van der Waals surface area contributed by atoms with Gasteiger partial charge in [0.1, 0.15) is 5.84 Å². The number of oxime groups is 1. The molecule has 1 atom stereocenters. The SMILES string of the molecule is NC(=NO)C(CSc1ccccc1)c1ccccc1. The highest BCUT2D eigenvalue weighted by Crippen LogP contribution is 2.26. The lowest BCUT2D eigenvalue weighted by atomic mass is 10.0. The van der Waals surface area contributed by atoms with Gasteiger partial charge in [-0.3, -0.25) is 0 Å². The minimum atomic E-state index is -0.0867. The van der Waals surface area contributed by atoms with Crippen molar-refractivity contribution in [1.82, 2.24) is 0 Å². The Morgan fingerprint density at radius 3 is 2.21 bits per heavy atom. The van der Waals surface area contributed by atoms with Crippen LogP contribution >= 0.6 is 11.8 Å². The number of hydrogen-bond acceptors (Lipinski definition) is 3. The fourth-order valence-electron chi connectivity index (χ4n) is 1.80. The molecule has 0 aliphatic rings. The van der Waals surface area contributed by atoms with Gasteiger partial charge in [0.05, 0.1) is 5.92 Å². The lowest BCUT2D eigenvalue weighted by molar-refractivity contribution is 0.316. The summed E-state index contributed by atoms with van der Waals surface area (Å²) in [5.41, 5.74) is 6.86. The van der Waals surface area contributed by atoms with Gasteiger partial charge in [-0.1, -0.05) is 53.7 Å². The summed E-state index contributed by atoms with van der Waals surface area (Å²) < 4.78 is 0. The van der Waals surface area contributed by atoms with E-state index >= 15 is 0 Å². The zero-order valence-corrected chi connectivity index (χ0v) is 11.3. The predicted octanol–water partition coefficient (Wildman–Crippen LogP) is 3.31. The first-order valence-corrected chi connectivity index (χ1v) is 7.00. The van der Waals surface area contributed by atoms with Gasteiger partial charge in [0.25, 0.3) is 0 Å². The largest absolute Gasteiger partial charge is 0.409 e. The molecule has 19 heavy (non-hydrogen) atoms. The normalized spacial score (nSPS) is 13.2. The van der Waals surface area contributed by atoms with Gasteiger partial charge in [-0.2, -0.15) is 0 Å². The summed E-state index contributed by atoms with van der Waals surface area (Å²) in [5.74, 6) is 0.898. The third kappa shape index (κ3) is 3.76. The summed E-state index contributed by atoms with van der Waals surface area (Å²) >= 11 is 1.70. The summed E-state index contributed by atoms with van der Waals surface area (Å²) in [7, 11) is 0. The first-order valence-electron chi connectivity index (χ1n) is 6.01. The summed E-state index contributed by atoms with van der Waals surface area (Å²) in [5, 5.41) is 12.1. The van der Waals surface area contributed by atoms with E-state index in [2.05, 4.69) is 17.3 Å². The van der Waals surface area contributed by atoms with Crippen LogP contribution in [0.4, 0.5) is 0 Å². The Kier molecular flexibility index (Phi) is 4.86. The molecule has 0 spiro atoms. The number of rotatable bonds is 5. The van der Waals surface area contributed by atoms with Crippen LogP contribution in [0, 0.1) is 0 Å². The van der Waals surface area contributed by atoms with Crippen LogP contribution in [0.15, 0.2) is 70.7 Å². The van der Waals surface area contributed by atoms with E-state index in [1.165, 1.54) is 4.90 Å². The molecule has 1 unspecified atom stereocenters. The highest BCUT2D eigenvalue weighted by molar-refractivity contribution is 7.99. The molecule has 0 bridgehead atoms. The van der Waals surface area contributed by atoms with Crippen LogP contribution < -0.4 is 5.73 Å². The van der Waals surface area contributed by atoms with Crippen LogP contribution in [0.3, 0.4) is 0 Å². The van der Waals surface area contributed by atoms with Crippen LogP contribution in [-0.4, -0.2) is 16.8 Å². The van der Waals surface area contributed by atoms with Crippen molar-refractivity contribution in [3.8, 4) is 0 Å². The highest BCUT2D eigenvalue weighted by atomic mass is 32.2. The molecule has 2 aromatic carbocycles. The molecule has 0 fully saturated rings. The van der Waals surface area contributed by atoms with Crippen LogP contribution in [0.25, 0.3) is 0 Å². The fraction of sp³-hybridized carbons (Fsp3) is 0.133. The summed E-state index contributed by atoms with van der Waals surface area (Å²) in [6.07, 6.45) is 0. The van der Waals surface area contributed by atoms with E-state index in [1.54, 1.807) is 11.8 Å². The Morgan fingerprint density at radius 1 is 1.05 bits per heavy atom. The minimum Gasteiger partial charge on any atom is -0.409 e. The summed E-state index contributed by atoms with van der Waals surface area (Å²) in [6.45, 7) is 0. The molecule has 0 amide bonds. The van der Waals surface area contributed by atoms with Gasteiger partial charge in [0.2, 0.25) is 0 Å². The van der Waals surface area contributed by atoms with E-state index in [0.29, 0.717) is 0 Å². The van der Waals surface area contributed by atoms with Crippen LogP contribution in [0.1, 0.15) is 11.5 Å². The molecule has 0 aliphatic carbocycles. The van der Waals surface area contributed by atoms with Gasteiger partial charge in [0, 0.05) is 10.6 Å². The lowest BCUT2D eigenvalue weighted by Gasteiger charge is -2.15. The number of benzene rings is 2. The smallest absolute Gasteiger partial charge is 0.147 e. The second-order valence-corrected chi connectivity index (χ2v) is 5.21. The maximum absolute atomic E-state index is 8.92. The van der Waals surface area contributed by atoms with E-state index in [9.17, 15) is 0 Å². The monoisotopic (exact) mass is 272 g/mol. The topological polar surface area (TPSA) is 58.6 Å². The molecule has 3 nitrogen and oxygen atoms in total. The van der Waals surface area contributed by atoms with Crippen molar-refractivity contribution in [3.63, 3.8) is 0 Å². The van der Waals surface area contributed by atoms with Crippen molar-refractivity contribution in [2.24, 2.45) is 10.9 Å². The average molecular weight is 272 g/mol. The first kappa shape index (κ1) is 13.5. The standard InChI is InChI=1S/C15H16N2OS/c16-15(17-18)14(12-7-3-1-4-8-12)11-19-13-9-5-2-6-10-13/h1-10,14,18H,11H2,(H2,16,17). The van der Waals surface area contributed by atoms with Crippen LogP contribution in [0.5, 0.6) is 0 Å². The van der Waals surface area contributed by atoms with E-state index in [0.717, 1.165) is 11.3 Å². The summed E-state index contributed by atoms with van der Waals surface area (Å²) in [4.78, 5) is 1.18. The molecule has 2 rings (SSSR count). The second-order valence-electron chi connectivity index (χ2n) is 4.11. The Hall–Kier alpha value is -1.94. The highest BCUT2D eigenvalue weighted by Gasteiger charge is 2.16. The molecular weight excluding hydrogens is 256 g/mol. The van der Waals surface area contributed by atoms with E-state index in [1.807, 2.05) is 48.5 Å². The van der Waals surface area contributed by atoms with E-state index in [-0.39, 0.29) is 11.8 Å². The molecule has 2 aromatic rings. The fourth-order valence-corrected chi connectivity index (χ4v) is 2.88. The molecule has 0 heterocycles. The number of amidine groups is 1. The summed E-state index contributed by atoms with van der Waals surface area (Å²) in [6, 6.07) is 20.0. The van der Waals surface area contributed by atoms with Crippen molar-refractivity contribution in [3.05, 3.63) is 66.2 Å². The molecule has 0 aromatic heterocycles. The Morgan fingerprint density at radius 2 is 1.63 bits per heavy atom. The zero-order valence-electron chi connectivity index (χ0n) is 10.4. The molecule has 0 radical (unpaired) electrons. The number of hydrogen-bond donors (Lipinski definition) is 2. The minimum absolute atomic E-state index is 0.0867. The lowest BCUT2D eigenvalue weighted by Crippen LogP contribution is -2.23. The van der Waals surface area contributed by atoms with Gasteiger partial charge in [-0.25, -0.2) is 0 Å². The van der Waals surface area contributed by atoms with Crippen molar-refractivity contribution >= 4 is 17.6 Å². The van der Waals surface area contributed by atoms with Gasteiger partial charge in [0.15, 0.2) is 0 Å². The molecule has 0 saturated heterocycles. The number of nitrogens with two attached hydrogens (primary N) is 1. The number of thioether (sulfide) groups is 1. The zero-order chi connectivity index (χ0) is 13.5. The molecular formula is C15H16N2OS. The molecule has 0 saturated carbocycles. The van der Waals surface area contributed by atoms with Crippen molar-refractivity contribution in [2.75, 3.05) is 5.75 Å². The number of nitrogens with zero attached hydrogens (tertiary/aromatic N) is 1. The third-order valence-electron chi connectivity index (χ3n) is 2.83. The Bertz CT molecular complexity index is 528. The Balaban J connectivity index is 2.12. The molecule has 3 N–H and O–H groups in total. The maximum Gasteiger partial charge on any atom is 0.147 e. The predicted molar refractivity (Wildman–Crippen MR) is 79.8 cm³/mol. The van der Waals surface area contributed by atoms with Gasteiger partial charge in [-0.15, -0.1) is 11.8 Å². The Labute approximate surface area is 117 Å². The third-order valence-corrected chi connectivity index (χ3v) is 3.94.